The Morgan fingerprint density at radius 1 is 1.25 bits per heavy atom. The molecule has 1 aliphatic carbocycles. The highest BCUT2D eigenvalue weighted by atomic mass is 16.4. The van der Waals surface area contributed by atoms with Crippen molar-refractivity contribution in [2.24, 2.45) is 0 Å². The second-order valence-electron chi connectivity index (χ2n) is 4.41. The predicted octanol–water partition coefficient (Wildman–Crippen LogP) is -0.391. The first-order valence-corrected chi connectivity index (χ1v) is 5.65. The smallest absolute Gasteiger partial charge is 0.329 e. The van der Waals surface area contributed by atoms with E-state index in [9.17, 15) is 9.59 Å². The van der Waals surface area contributed by atoms with Crippen LogP contribution in [0.4, 0.5) is 4.79 Å². The Hall–Kier alpha value is -1.30. The van der Waals surface area contributed by atoms with Gasteiger partial charge in [0, 0.05) is 26.2 Å². The number of carbonyl (C=O) groups is 2. The standard InChI is InChI=1S/C10H17N3O3/c14-8(15)10(2-1-3-10)12-9(16)13-6-4-11-5-7-13/h11H,1-7H2,(H,12,16)(H,14,15). The number of carboxylic acids is 1. The summed E-state index contributed by atoms with van der Waals surface area (Å²) in [5, 5.41) is 14.9. The summed E-state index contributed by atoms with van der Waals surface area (Å²) in [5.41, 5.74) is -0.998. The van der Waals surface area contributed by atoms with E-state index in [-0.39, 0.29) is 6.03 Å². The number of rotatable bonds is 2. The molecule has 1 saturated heterocycles. The average Bonchev–Trinajstić information content (AvgIpc) is 2.24. The molecule has 2 aliphatic rings. The Balaban J connectivity index is 1.92. The Morgan fingerprint density at radius 3 is 2.31 bits per heavy atom. The number of carboxylic acid groups (broad SMARTS) is 1. The zero-order valence-corrected chi connectivity index (χ0v) is 9.16. The lowest BCUT2D eigenvalue weighted by Crippen LogP contribution is -2.63. The van der Waals surface area contributed by atoms with Crippen molar-refractivity contribution in [2.45, 2.75) is 24.8 Å². The van der Waals surface area contributed by atoms with Crippen LogP contribution in [-0.2, 0) is 4.79 Å². The number of carbonyl (C=O) groups excluding carboxylic acids is 1. The summed E-state index contributed by atoms with van der Waals surface area (Å²) in [6.45, 7) is 2.82. The Kier molecular flexibility index (Phi) is 3.00. The molecule has 0 spiro atoms. The third-order valence-corrected chi connectivity index (χ3v) is 3.37. The molecule has 90 valence electrons. The van der Waals surface area contributed by atoms with E-state index in [1.54, 1.807) is 4.90 Å². The summed E-state index contributed by atoms with van der Waals surface area (Å²) in [5.74, 6) is -0.915. The van der Waals surface area contributed by atoms with Crippen LogP contribution in [0.2, 0.25) is 0 Å². The molecule has 1 saturated carbocycles. The highest BCUT2D eigenvalue weighted by molar-refractivity contribution is 5.87. The van der Waals surface area contributed by atoms with Crippen molar-refractivity contribution in [1.82, 2.24) is 15.5 Å². The predicted molar refractivity (Wildman–Crippen MR) is 57.2 cm³/mol. The largest absolute Gasteiger partial charge is 0.480 e. The normalized spacial score (nSPS) is 23.4. The molecule has 2 rings (SSSR count). The average molecular weight is 227 g/mol. The quantitative estimate of drug-likeness (QED) is 0.600. The van der Waals surface area contributed by atoms with Crippen LogP contribution in [0.3, 0.4) is 0 Å². The summed E-state index contributed by atoms with van der Waals surface area (Å²) < 4.78 is 0. The lowest BCUT2D eigenvalue weighted by atomic mass is 9.77. The maximum atomic E-state index is 11.8. The van der Waals surface area contributed by atoms with Gasteiger partial charge in [-0.1, -0.05) is 0 Å². The van der Waals surface area contributed by atoms with Crippen LogP contribution in [0.25, 0.3) is 0 Å². The summed E-state index contributed by atoms with van der Waals surface area (Å²) in [6, 6.07) is -0.247. The van der Waals surface area contributed by atoms with Gasteiger partial charge in [0.15, 0.2) is 0 Å². The Labute approximate surface area is 94.0 Å². The molecule has 1 heterocycles. The molecular formula is C10H17N3O3. The number of piperazine rings is 1. The first-order chi connectivity index (χ1) is 7.64. The van der Waals surface area contributed by atoms with Crippen LogP contribution >= 0.6 is 0 Å². The highest BCUT2D eigenvalue weighted by Gasteiger charge is 2.46. The number of hydrogen-bond acceptors (Lipinski definition) is 3. The van der Waals surface area contributed by atoms with Crippen LogP contribution in [0.1, 0.15) is 19.3 Å². The Morgan fingerprint density at radius 2 is 1.88 bits per heavy atom. The molecule has 0 unspecified atom stereocenters. The van der Waals surface area contributed by atoms with E-state index in [2.05, 4.69) is 10.6 Å². The minimum atomic E-state index is -0.998. The fourth-order valence-corrected chi connectivity index (χ4v) is 2.07. The SMILES string of the molecule is O=C(NC1(C(=O)O)CCC1)N1CCNCC1. The van der Waals surface area contributed by atoms with E-state index in [1.807, 2.05) is 0 Å². The summed E-state index contributed by atoms with van der Waals surface area (Å²) in [4.78, 5) is 24.6. The van der Waals surface area contributed by atoms with E-state index in [1.165, 1.54) is 0 Å². The molecule has 0 radical (unpaired) electrons. The minimum absolute atomic E-state index is 0.247. The lowest BCUT2D eigenvalue weighted by molar-refractivity contribution is -0.148. The van der Waals surface area contributed by atoms with Crippen LogP contribution in [-0.4, -0.2) is 53.7 Å². The van der Waals surface area contributed by atoms with Crippen LogP contribution in [0.15, 0.2) is 0 Å². The van der Waals surface area contributed by atoms with Crippen molar-refractivity contribution in [3.8, 4) is 0 Å². The van der Waals surface area contributed by atoms with Gasteiger partial charge in [-0.05, 0) is 19.3 Å². The second-order valence-corrected chi connectivity index (χ2v) is 4.41. The van der Waals surface area contributed by atoms with Gasteiger partial charge in [0.05, 0.1) is 0 Å². The van der Waals surface area contributed by atoms with Crippen LogP contribution in [0, 0.1) is 0 Å². The van der Waals surface area contributed by atoms with Crippen LogP contribution < -0.4 is 10.6 Å². The van der Waals surface area contributed by atoms with Crippen molar-refractivity contribution in [2.75, 3.05) is 26.2 Å². The van der Waals surface area contributed by atoms with Gasteiger partial charge in [-0.25, -0.2) is 9.59 Å². The molecule has 3 N–H and O–H groups in total. The van der Waals surface area contributed by atoms with Gasteiger partial charge < -0.3 is 20.6 Å². The molecule has 0 aromatic carbocycles. The van der Waals surface area contributed by atoms with Gasteiger partial charge in [-0.15, -0.1) is 0 Å². The van der Waals surface area contributed by atoms with E-state index in [0.717, 1.165) is 19.5 Å². The van der Waals surface area contributed by atoms with Crippen molar-refractivity contribution in [3.05, 3.63) is 0 Å². The fourth-order valence-electron chi connectivity index (χ4n) is 2.07. The maximum absolute atomic E-state index is 11.8. The first-order valence-electron chi connectivity index (χ1n) is 5.65. The van der Waals surface area contributed by atoms with Crippen LogP contribution in [0.5, 0.6) is 0 Å². The Bertz CT molecular complexity index is 296. The molecule has 1 aliphatic heterocycles. The molecule has 0 aromatic heterocycles. The third kappa shape index (κ3) is 1.97. The molecule has 0 aromatic rings. The van der Waals surface area contributed by atoms with Crippen molar-refractivity contribution >= 4 is 12.0 Å². The van der Waals surface area contributed by atoms with Gasteiger partial charge in [0.2, 0.25) is 0 Å². The number of amides is 2. The molecule has 6 heteroatoms. The van der Waals surface area contributed by atoms with Gasteiger partial charge in [0.1, 0.15) is 5.54 Å². The molecule has 2 amide bonds. The summed E-state index contributed by atoms with van der Waals surface area (Å²) in [7, 11) is 0. The monoisotopic (exact) mass is 227 g/mol. The first kappa shape index (κ1) is 11.2. The molecule has 0 atom stereocenters. The fraction of sp³-hybridized carbons (Fsp3) is 0.800. The highest BCUT2D eigenvalue weighted by Crippen LogP contribution is 2.32. The molecule has 2 fully saturated rings. The lowest BCUT2D eigenvalue weighted by Gasteiger charge is -2.40. The zero-order chi connectivity index (χ0) is 11.6. The minimum Gasteiger partial charge on any atom is -0.480 e. The molecule has 16 heavy (non-hydrogen) atoms. The zero-order valence-electron chi connectivity index (χ0n) is 9.16. The van der Waals surface area contributed by atoms with Crippen molar-refractivity contribution in [3.63, 3.8) is 0 Å². The van der Waals surface area contributed by atoms with Gasteiger partial charge >= 0.3 is 12.0 Å². The number of aliphatic carboxylic acids is 1. The number of urea groups is 1. The van der Waals surface area contributed by atoms with Crippen molar-refractivity contribution in [1.29, 1.82) is 0 Å². The van der Waals surface area contributed by atoms with Crippen molar-refractivity contribution < 1.29 is 14.7 Å². The molecule has 6 nitrogen and oxygen atoms in total. The van der Waals surface area contributed by atoms with Gasteiger partial charge in [0.25, 0.3) is 0 Å². The van der Waals surface area contributed by atoms with Gasteiger partial charge in [-0.2, -0.15) is 0 Å². The summed E-state index contributed by atoms with van der Waals surface area (Å²) >= 11 is 0. The molecular weight excluding hydrogens is 210 g/mol. The van der Waals surface area contributed by atoms with E-state index >= 15 is 0 Å². The summed E-state index contributed by atoms with van der Waals surface area (Å²) in [6.07, 6.45) is 1.95. The number of nitrogens with one attached hydrogen (secondary N) is 2. The van der Waals surface area contributed by atoms with Gasteiger partial charge in [-0.3, -0.25) is 0 Å². The maximum Gasteiger partial charge on any atom is 0.329 e. The number of hydrogen-bond donors (Lipinski definition) is 3. The molecule has 0 bridgehead atoms. The van der Waals surface area contributed by atoms with E-state index < -0.39 is 11.5 Å². The van der Waals surface area contributed by atoms with E-state index in [4.69, 9.17) is 5.11 Å². The third-order valence-electron chi connectivity index (χ3n) is 3.37. The topological polar surface area (TPSA) is 81.7 Å². The van der Waals surface area contributed by atoms with E-state index in [0.29, 0.717) is 25.9 Å². The second kappa shape index (κ2) is 4.29. The number of nitrogens with zero attached hydrogens (tertiary/aromatic N) is 1.